The molecule has 2 aromatic rings. The molecule has 1 saturated heterocycles. The fraction of sp³-hybridized carbons (Fsp3) is 0.389. The van der Waals surface area contributed by atoms with E-state index in [1.165, 1.54) is 6.07 Å². The van der Waals surface area contributed by atoms with Gasteiger partial charge in [-0.3, -0.25) is 4.79 Å². The Morgan fingerprint density at radius 2 is 2.09 bits per heavy atom. The molecule has 1 amide bonds. The normalized spacial score (nSPS) is 18.5. The summed E-state index contributed by atoms with van der Waals surface area (Å²) in [6.07, 6.45) is 4.87. The van der Waals surface area contributed by atoms with Gasteiger partial charge in [-0.05, 0) is 49.9 Å². The Labute approximate surface area is 130 Å². The number of piperidine rings is 1. The lowest BCUT2D eigenvalue weighted by Crippen LogP contribution is -2.38. The van der Waals surface area contributed by atoms with Crippen LogP contribution in [0, 0.1) is 12.7 Å². The lowest BCUT2D eigenvalue weighted by molar-refractivity contribution is 0.0610. The van der Waals surface area contributed by atoms with Gasteiger partial charge in [0.25, 0.3) is 5.91 Å². The monoisotopic (exact) mass is 300 g/mol. The van der Waals surface area contributed by atoms with Crippen LogP contribution in [0.3, 0.4) is 0 Å². The van der Waals surface area contributed by atoms with Crippen LogP contribution in [0.5, 0.6) is 0 Å². The second-order valence-corrected chi connectivity index (χ2v) is 5.99. The minimum Gasteiger partial charge on any atom is -0.354 e. The first-order valence-electron chi connectivity index (χ1n) is 7.76. The molecule has 116 valence electrons. The lowest BCUT2D eigenvalue weighted by Gasteiger charge is -2.36. The zero-order valence-electron chi connectivity index (χ0n) is 13.1. The highest BCUT2D eigenvalue weighted by molar-refractivity contribution is 5.95. The molecule has 3 nitrogen and oxygen atoms in total. The molecule has 1 aromatic heterocycles. The highest BCUT2D eigenvalue weighted by atomic mass is 19.1. The number of aromatic nitrogens is 1. The van der Waals surface area contributed by atoms with Crippen molar-refractivity contribution in [3.8, 4) is 0 Å². The van der Waals surface area contributed by atoms with Crippen molar-refractivity contribution in [2.75, 3.05) is 6.54 Å². The first-order chi connectivity index (χ1) is 10.6. The average molecular weight is 300 g/mol. The average Bonchev–Trinajstić information content (AvgIpc) is 2.86. The van der Waals surface area contributed by atoms with Crippen molar-refractivity contribution in [2.45, 2.75) is 32.2 Å². The van der Waals surface area contributed by atoms with E-state index in [0.29, 0.717) is 0 Å². The van der Waals surface area contributed by atoms with E-state index in [9.17, 15) is 9.18 Å². The summed E-state index contributed by atoms with van der Waals surface area (Å²) >= 11 is 0. The maximum atomic E-state index is 13.5. The van der Waals surface area contributed by atoms with Crippen LogP contribution in [0.25, 0.3) is 0 Å². The first kappa shape index (κ1) is 14.8. The summed E-state index contributed by atoms with van der Waals surface area (Å²) in [5.41, 5.74) is 2.60. The maximum absolute atomic E-state index is 13.5. The number of likely N-dealkylation sites (tertiary alicyclic amines) is 1. The summed E-state index contributed by atoms with van der Waals surface area (Å²) in [6.45, 7) is 2.68. The molecule has 0 unspecified atom stereocenters. The van der Waals surface area contributed by atoms with Crippen molar-refractivity contribution in [3.63, 3.8) is 0 Å². The largest absolute Gasteiger partial charge is 0.354 e. The quantitative estimate of drug-likeness (QED) is 0.827. The molecule has 0 bridgehead atoms. The van der Waals surface area contributed by atoms with Crippen LogP contribution < -0.4 is 0 Å². The lowest BCUT2D eigenvalue weighted by atomic mass is 9.94. The number of hydrogen-bond acceptors (Lipinski definition) is 1. The second kappa shape index (κ2) is 5.95. The molecule has 22 heavy (non-hydrogen) atoms. The van der Waals surface area contributed by atoms with Crippen LogP contribution in [0.1, 0.15) is 46.9 Å². The fourth-order valence-electron chi connectivity index (χ4n) is 3.22. The van der Waals surface area contributed by atoms with E-state index in [0.717, 1.165) is 42.6 Å². The van der Waals surface area contributed by atoms with Gasteiger partial charge in [0.1, 0.15) is 5.82 Å². The van der Waals surface area contributed by atoms with Gasteiger partial charge in [0.15, 0.2) is 0 Å². The fourth-order valence-corrected chi connectivity index (χ4v) is 3.22. The predicted octanol–water partition coefficient (Wildman–Crippen LogP) is 3.84. The van der Waals surface area contributed by atoms with Gasteiger partial charge >= 0.3 is 0 Å². The topological polar surface area (TPSA) is 25.2 Å². The third-order valence-electron chi connectivity index (χ3n) is 4.61. The zero-order chi connectivity index (χ0) is 15.7. The van der Waals surface area contributed by atoms with Crippen LogP contribution in [-0.4, -0.2) is 21.9 Å². The van der Waals surface area contributed by atoms with Crippen LogP contribution >= 0.6 is 0 Å². The number of rotatable bonds is 2. The van der Waals surface area contributed by atoms with E-state index in [2.05, 4.69) is 0 Å². The number of halogens is 1. The Balaban J connectivity index is 1.93. The molecule has 0 aliphatic carbocycles. The number of carbonyl (C=O) groups excluding carboxylic acids is 1. The Morgan fingerprint density at radius 1 is 1.27 bits per heavy atom. The van der Waals surface area contributed by atoms with Gasteiger partial charge < -0.3 is 9.47 Å². The maximum Gasteiger partial charge on any atom is 0.256 e. The Bertz CT molecular complexity index is 692. The summed E-state index contributed by atoms with van der Waals surface area (Å²) in [4.78, 5) is 14.8. The number of nitrogens with zero attached hydrogens (tertiary/aromatic N) is 2. The number of amides is 1. The first-order valence-corrected chi connectivity index (χ1v) is 7.76. The highest BCUT2D eigenvalue weighted by Gasteiger charge is 2.30. The minimum atomic E-state index is -0.244. The van der Waals surface area contributed by atoms with Gasteiger partial charge in [0.05, 0.1) is 11.6 Å². The van der Waals surface area contributed by atoms with Crippen molar-refractivity contribution in [1.29, 1.82) is 0 Å². The van der Waals surface area contributed by atoms with Crippen molar-refractivity contribution < 1.29 is 9.18 Å². The van der Waals surface area contributed by atoms with Crippen LogP contribution in [0.15, 0.2) is 36.5 Å². The van der Waals surface area contributed by atoms with Gasteiger partial charge in [0.2, 0.25) is 0 Å². The summed E-state index contributed by atoms with van der Waals surface area (Å²) in [6, 6.07) is 8.46. The van der Waals surface area contributed by atoms with Gasteiger partial charge in [-0.2, -0.15) is 0 Å². The molecule has 0 spiro atoms. The van der Waals surface area contributed by atoms with Crippen molar-refractivity contribution in [1.82, 2.24) is 9.47 Å². The predicted molar refractivity (Wildman–Crippen MR) is 84.2 cm³/mol. The molecule has 3 rings (SSSR count). The van der Waals surface area contributed by atoms with Crippen LogP contribution in [-0.2, 0) is 7.05 Å². The summed E-state index contributed by atoms with van der Waals surface area (Å²) in [5.74, 6) is -0.196. The number of benzene rings is 1. The van der Waals surface area contributed by atoms with Gasteiger partial charge in [-0.25, -0.2) is 4.39 Å². The van der Waals surface area contributed by atoms with Crippen molar-refractivity contribution >= 4 is 5.91 Å². The molecule has 0 radical (unpaired) electrons. The Morgan fingerprint density at radius 3 is 2.77 bits per heavy atom. The molecule has 4 heteroatoms. The number of hydrogen-bond donors (Lipinski definition) is 0. The smallest absolute Gasteiger partial charge is 0.256 e. The summed E-state index contributed by atoms with van der Waals surface area (Å²) in [7, 11) is 1.94. The third kappa shape index (κ3) is 2.65. The molecule has 1 fully saturated rings. The number of aryl methyl sites for hydroxylation is 1. The molecule has 1 aliphatic heterocycles. The summed E-state index contributed by atoms with van der Waals surface area (Å²) in [5, 5.41) is 0. The minimum absolute atomic E-state index is 0.0310. The Kier molecular flexibility index (Phi) is 4.01. The zero-order valence-corrected chi connectivity index (χ0v) is 13.1. The second-order valence-electron chi connectivity index (χ2n) is 5.99. The van der Waals surface area contributed by atoms with E-state index in [-0.39, 0.29) is 17.8 Å². The molecule has 1 aromatic carbocycles. The highest BCUT2D eigenvalue weighted by Crippen LogP contribution is 2.32. The number of carbonyl (C=O) groups is 1. The van der Waals surface area contributed by atoms with Crippen molar-refractivity contribution in [2.24, 2.45) is 7.05 Å². The van der Waals surface area contributed by atoms with E-state index in [4.69, 9.17) is 0 Å². The standard InChI is InChI=1S/C18H21FN2O/c1-13-16(9-11-20(13)2)18(22)21-10-4-3-8-17(21)14-6-5-7-15(19)12-14/h5-7,9,11-12,17H,3-4,8,10H2,1-2H3/t17-/m0/s1. The Hall–Kier alpha value is -2.10. The molecule has 2 heterocycles. The van der Waals surface area contributed by atoms with E-state index in [1.54, 1.807) is 12.1 Å². The molecular weight excluding hydrogens is 279 g/mol. The van der Waals surface area contributed by atoms with Crippen molar-refractivity contribution in [3.05, 3.63) is 59.2 Å². The van der Waals surface area contributed by atoms with Crippen LogP contribution in [0.2, 0.25) is 0 Å². The van der Waals surface area contributed by atoms with Crippen LogP contribution in [0.4, 0.5) is 4.39 Å². The van der Waals surface area contributed by atoms with Gasteiger partial charge in [-0.15, -0.1) is 0 Å². The molecule has 1 aliphatic rings. The molecule has 0 saturated carbocycles. The van der Waals surface area contributed by atoms with Gasteiger partial charge in [0, 0.05) is 25.5 Å². The van der Waals surface area contributed by atoms with E-state index >= 15 is 0 Å². The van der Waals surface area contributed by atoms with E-state index < -0.39 is 0 Å². The molecule has 0 N–H and O–H groups in total. The van der Waals surface area contributed by atoms with E-state index in [1.807, 2.05) is 41.8 Å². The van der Waals surface area contributed by atoms with Gasteiger partial charge in [-0.1, -0.05) is 12.1 Å². The molecular formula is C18H21FN2O. The summed E-state index contributed by atoms with van der Waals surface area (Å²) < 4.78 is 15.5. The third-order valence-corrected chi connectivity index (χ3v) is 4.61. The molecule has 1 atom stereocenters. The SMILES string of the molecule is Cc1c(C(=O)N2CCCC[C@H]2c2cccc(F)c2)ccn1C.